The van der Waals surface area contributed by atoms with E-state index in [0.29, 0.717) is 17.5 Å². The number of piperazine rings is 1. The molecule has 0 amide bonds. The highest BCUT2D eigenvalue weighted by molar-refractivity contribution is 5.51. The Balaban J connectivity index is 1.89. The minimum Gasteiger partial charge on any atom is -0.365 e. The van der Waals surface area contributed by atoms with Crippen molar-refractivity contribution in [2.75, 3.05) is 18.0 Å². The molecule has 1 aliphatic heterocycles. The van der Waals surface area contributed by atoms with Gasteiger partial charge in [-0.1, -0.05) is 26.0 Å². The van der Waals surface area contributed by atoms with E-state index in [1.165, 1.54) is 24.1 Å². The number of anilines is 1. The normalized spacial score (nSPS) is 30.9. The highest BCUT2D eigenvalue weighted by Crippen LogP contribution is 2.42. The molecule has 2 fully saturated rings. The van der Waals surface area contributed by atoms with Crippen LogP contribution in [0.5, 0.6) is 0 Å². The summed E-state index contributed by atoms with van der Waals surface area (Å²) in [4.78, 5) is 2.66. The number of hydrogen-bond donors (Lipinski definition) is 1. The first-order valence-electron chi connectivity index (χ1n) is 8.08. The molecule has 2 aliphatic rings. The van der Waals surface area contributed by atoms with Crippen molar-refractivity contribution in [3.05, 3.63) is 29.8 Å². The van der Waals surface area contributed by atoms with Crippen molar-refractivity contribution < 1.29 is 0 Å². The van der Waals surface area contributed by atoms with Crippen LogP contribution in [0.4, 0.5) is 5.69 Å². The molecule has 2 nitrogen and oxygen atoms in total. The van der Waals surface area contributed by atoms with Crippen LogP contribution >= 0.6 is 0 Å². The Morgan fingerprint density at radius 1 is 1.30 bits per heavy atom. The van der Waals surface area contributed by atoms with Crippen molar-refractivity contribution in [3.8, 4) is 0 Å². The van der Waals surface area contributed by atoms with E-state index in [1.54, 1.807) is 0 Å². The Morgan fingerprint density at radius 2 is 2.05 bits per heavy atom. The van der Waals surface area contributed by atoms with E-state index in [9.17, 15) is 0 Å². The number of benzene rings is 1. The lowest BCUT2D eigenvalue weighted by Gasteiger charge is -2.49. The first kappa shape index (κ1) is 13.9. The van der Waals surface area contributed by atoms with Gasteiger partial charge in [0.25, 0.3) is 0 Å². The van der Waals surface area contributed by atoms with Crippen molar-refractivity contribution >= 4 is 5.69 Å². The lowest BCUT2D eigenvalue weighted by molar-refractivity contribution is 0.233. The maximum Gasteiger partial charge on any atom is 0.0438 e. The van der Waals surface area contributed by atoms with Crippen LogP contribution in [-0.4, -0.2) is 24.7 Å². The van der Waals surface area contributed by atoms with Crippen LogP contribution in [0.3, 0.4) is 0 Å². The predicted molar refractivity (Wildman–Crippen MR) is 86.3 cm³/mol. The predicted octanol–water partition coefficient (Wildman–Crippen LogP) is 3.60. The van der Waals surface area contributed by atoms with Crippen molar-refractivity contribution in [1.29, 1.82) is 0 Å². The standard InChI is InChI=1S/C18H28N2/c1-13(2)17-11-19-18(4,15-8-9-15)12-20(17)16-7-5-6-14(3)10-16/h5-7,10,13,15,17,19H,8-9,11-12H2,1-4H3. The average molecular weight is 272 g/mol. The summed E-state index contributed by atoms with van der Waals surface area (Å²) in [7, 11) is 0. The van der Waals surface area contributed by atoms with Gasteiger partial charge in [0.05, 0.1) is 0 Å². The maximum absolute atomic E-state index is 3.86. The summed E-state index contributed by atoms with van der Waals surface area (Å²) in [6.45, 7) is 11.5. The average Bonchev–Trinajstić information content (AvgIpc) is 3.23. The summed E-state index contributed by atoms with van der Waals surface area (Å²) < 4.78 is 0. The number of rotatable bonds is 3. The van der Waals surface area contributed by atoms with E-state index in [-0.39, 0.29) is 0 Å². The van der Waals surface area contributed by atoms with Gasteiger partial charge in [-0.2, -0.15) is 0 Å². The molecule has 1 aliphatic carbocycles. The fourth-order valence-electron chi connectivity index (χ4n) is 3.65. The van der Waals surface area contributed by atoms with E-state index in [4.69, 9.17) is 0 Å². The molecule has 0 bridgehead atoms. The van der Waals surface area contributed by atoms with Gasteiger partial charge in [-0.25, -0.2) is 0 Å². The van der Waals surface area contributed by atoms with Crippen molar-refractivity contribution in [2.24, 2.45) is 11.8 Å². The fourth-order valence-corrected chi connectivity index (χ4v) is 3.65. The molecule has 1 N–H and O–H groups in total. The topological polar surface area (TPSA) is 15.3 Å². The van der Waals surface area contributed by atoms with Crippen LogP contribution < -0.4 is 10.2 Å². The Hall–Kier alpha value is -1.02. The molecule has 1 heterocycles. The monoisotopic (exact) mass is 272 g/mol. The second-order valence-corrected chi connectivity index (χ2v) is 7.35. The molecular weight excluding hydrogens is 244 g/mol. The zero-order chi connectivity index (χ0) is 14.3. The highest BCUT2D eigenvalue weighted by atomic mass is 15.3. The number of hydrogen-bond acceptors (Lipinski definition) is 2. The quantitative estimate of drug-likeness (QED) is 0.904. The van der Waals surface area contributed by atoms with Crippen molar-refractivity contribution in [3.63, 3.8) is 0 Å². The first-order valence-corrected chi connectivity index (χ1v) is 8.08. The van der Waals surface area contributed by atoms with E-state index in [2.05, 4.69) is 62.2 Å². The smallest absolute Gasteiger partial charge is 0.0438 e. The van der Waals surface area contributed by atoms with E-state index >= 15 is 0 Å². The molecule has 2 heteroatoms. The zero-order valence-electron chi connectivity index (χ0n) is 13.3. The van der Waals surface area contributed by atoms with Gasteiger partial charge < -0.3 is 10.2 Å². The molecule has 20 heavy (non-hydrogen) atoms. The van der Waals surface area contributed by atoms with Crippen LogP contribution in [0.15, 0.2) is 24.3 Å². The summed E-state index contributed by atoms with van der Waals surface area (Å²) in [6, 6.07) is 9.60. The summed E-state index contributed by atoms with van der Waals surface area (Å²) >= 11 is 0. The Morgan fingerprint density at radius 3 is 2.65 bits per heavy atom. The third-order valence-corrected chi connectivity index (χ3v) is 5.20. The molecular formula is C18H28N2. The number of aryl methyl sites for hydroxylation is 1. The molecule has 3 rings (SSSR count). The van der Waals surface area contributed by atoms with Gasteiger partial charge in [0, 0.05) is 30.4 Å². The molecule has 0 spiro atoms. The van der Waals surface area contributed by atoms with Gasteiger partial charge in [-0.05, 0) is 56.2 Å². The van der Waals surface area contributed by atoms with Crippen LogP contribution in [-0.2, 0) is 0 Å². The summed E-state index contributed by atoms with van der Waals surface area (Å²) in [5.41, 5.74) is 3.06. The summed E-state index contributed by atoms with van der Waals surface area (Å²) in [5.74, 6) is 1.55. The Labute approximate surface area is 123 Å². The molecule has 1 aromatic carbocycles. The third-order valence-electron chi connectivity index (χ3n) is 5.20. The van der Waals surface area contributed by atoms with Gasteiger partial charge in [-0.15, -0.1) is 0 Å². The van der Waals surface area contributed by atoms with Crippen LogP contribution in [0.2, 0.25) is 0 Å². The van der Waals surface area contributed by atoms with Gasteiger partial charge in [0.1, 0.15) is 0 Å². The number of nitrogens with one attached hydrogen (secondary N) is 1. The van der Waals surface area contributed by atoms with E-state index in [1.807, 2.05) is 0 Å². The van der Waals surface area contributed by atoms with E-state index < -0.39 is 0 Å². The zero-order valence-corrected chi connectivity index (χ0v) is 13.3. The molecule has 0 radical (unpaired) electrons. The second-order valence-electron chi connectivity index (χ2n) is 7.35. The first-order chi connectivity index (χ1) is 9.49. The Bertz CT molecular complexity index is 478. The number of nitrogens with zero attached hydrogens (tertiary/aromatic N) is 1. The van der Waals surface area contributed by atoms with Gasteiger partial charge in [0.15, 0.2) is 0 Å². The van der Waals surface area contributed by atoms with Gasteiger partial charge >= 0.3 is 0 Å². The highest BCUT2D eigenvalue weighted by Gasteiger charge is 2.46. The minimum atomic E-state index is 0.301. The maximum atomic E-state index is 3.86. The SMILES string of the molecule is Cc1cccc(N2CC(C)(C3CC3)NCC2C(C)C)c1. The third kappa shape index (κ3) is 2.58. The second kappa shape index (κ2) is 5.07. The molecule has 1 saturated carbocycles. The van der Waals surface area contributed by atoms with Gasteiger partial charge in [-0.3, -0.25) is 0 Å². The molecule has 1 aromatic rings. The molecule has 0 aromatic heterocycles. The fraction of sp³-hybridized carbons (Fsp3) is 0.667. The van der Waals surface area contributed by atoms with Crippen LogP contribution in [0.25, 0.3) is 0 Å². The largest absolute Gasteiger partial charge is 0.365 e. The van der Waals surface area contributed by atoms with E-state index in [0.717, 1.165) is 19.0 Å². The van der Waals surface area contributed by atoms with Crippen LogP contribution in [0, 0.1) is 18.8 Å². The Kier molecular flexibility index (Phi) is 3.53. The molecule has 1 saturated heterocycles. The van der Waals surface area contributed by atoms with Crippen molar-refractivity contribution in [1.82, 2.24) is 5.32 Å². The molecule has 2 unspecified atom stereocenters. The van der Waals surface area contributed by atoms with Crippen LogP contribution in [0.1, 0.15) is 39.2 Å². The van der Waals surface area contributed by atoms with Crippen molar-refractivity contribution in [2.45, 2.75) is 52.1 Å². The lowest BCUT2D eigenvalue weighted by Crippen LogP contribution is -2.65. The summed E-state index contributed by atoms with van der Waals surface area (Å²) in [5, 5.41) is 3.86. The molecule has 2 atom stereocenters. The summed E-state index contributed by atoms with van der Waals surface area (Å²) in [6.07, 6.45) is 2.80. The molecule has 110 valence electrons. The lowest BCUT2D eigenvalue weighted by atomic mass is 9.87. The minimum absolute atomic E-state index is 0.301. The van der Waals surface area contributed by atoms with Gasteiger partial charge in [0.2, 0.25) is 0 Å².